The van der Waals surface area contributed by atoms with Crippen molar-refractivity contribution in [2.75, 3.05) is 0 Å². The van der Waals surface area contributed by atoms with Gasteiger partial charge < -0.3 is 10.5 Å². The topological polar surface area (TPSA) is 95.5 Å². The molecule has 0 fully saturated rings. The number of hydrogen-bond acceptors (Lipinski definition) is 6. The first kappa shape index (κ1) is 14.6. The van der Waals surface area contributed by atoms with Gasteiger partial charge in [0.25, 0.3) is 0 Å². The molecule has 0 saturated heterocycles. The fourth-order valence-electron chi connectivity index (χ4n) is 1.25. The van der Waals surface area contributed by atoms with Gasteiger partial charge in [0.2, 0.25) is 0 Å². The fraction of sp³-hybridized carbons (Fsp3) is 0.545. The normalized spacial score (nSPS) is 13.1. The molecule has 1 heterocycles. The summed E-state index contributed by atoms with van der Waals surface area (Å²) >= 11 is 1.02. The van der Waals surface area contributed by atoms with E-state index in [-0.39, 0.29) is 11.4 Å². The zero-order valence-electron chi connectivity index (χ0n) is 10.5. The Balaban J connectivity index is 2.61. The number of nitro groups is 1. The van der Waals surface area contributed by atoms with Crippen molar-refractivity contribution in [1.82, 2.24) is 0 Å². The summed E-state index contributed by atoms with van der Waals surface area (Å²) in [5.74, 6) is -0.501. The van der Waals surface area contributed by atoms with Crippen LogP contribution >= 0.6 is 11.3 Å². The van der Waals surface area contributed by atoms with Crippen molar-refractivity contribution in [3.63, 3.8) is 0 Å². The average molecular weight is 272 g/mol. The predicted molar refractivity (Wildman–Crippen MR) is 68.5 cm³/mol. The first-order chi connectivity index (χ1) is 8.19. The number of nitrogens with two attached hydrogens (primary N) is 1. The Kier molecular flexibility index (Phi) is 4.42. The van der Waals surface area contributed by atoms with Gasteiger partial charge in [0, 0.05) is 17.4 Å². The Morgan fingerprint density at radius 2 is 2.17 bits per heavy atom. The molecular weight excluding hydrogens is 256 g/mol. The van der Waals surface area contributed by atoms with Gasteiger partial charge in [-0.25, -0.2) is 0 Å². The Labute approximate surface area is 109 Å². The van der Waals surface area contributed by atoms with E-state index >= 15 is 0 Å². The summed E-state index contributed by atoms with van der Waals surface area (Å²) in [6, 6.07) is 2.21. The molecule has 18 heavy (non-hydrogen) atoms. The average Bonchev–Trinajstić information content (AvgIpc) is 2.63. The molecule has 0 aliphatic rings. The van der Waals surface area contributed by atoms with Crippen molar-refractivity contribution in [2.45, 2.75) is 38.8 Å². The molecule has 1 unspecified atom stereocenters. The van der Waals surface area contributed by atoms with E-state index in [9.17, 15) is 14.9 Å². The van der Waals surface area contributed by atoms with Gasteiger partial charge in [0.15, 0.2) is 0 Å². The van der Waals surface area contributed by atoms with E-state index in [4.69, 9.17) is 10.5 Å². The van der Waals surface area contributed by atoms with E-state index in [1.165, 1.54) is 6.07 Å². The van der Waals surface area contributed by atoms with E-state index in [0.29, 0.717) is 4.88 Å². The van der Waals surface area contributed by atoms with Crippen molar-refractivity contribution >= 4 is 22.3 Å². The lowest BCUT2D eigenvalue weighted by atomic mass is 10.1. The van der Waals surface area contributed by atoms with Gasteiger partial charge in [0.1, 0.15) is 11.6 Å². The molecule has 0 saturated carbocycles. The van der Waals surface area contributed by atoms with Gasteiger partial charge >= 0.3 is 11.0 Å². The van der Waals surface area contributed by atoms with Crippen LogP contribution < -0.4 is 5.73 Å². The number of hydrogen-bond donors (Lipinski definition) is 1. The highest BCUT2D eigenvalue weighted by atomic mass is 32.1. The van der Waals surface area contributed by atoms with Gasteiger partial charge in [-0.2, -0.15) is 0 Å². The number of thiophene rings is 1. The Morgan fingerprint density at radius 1 is 1.56 bits per heavy atom. The second-order valence-electron chi connectivity index (χ2n) is 4.84. The zero-order chi connectivity index (χ0) is 13.9. The van der Waals surface area contributed by atoms with Crippen LogP contribution in [0.15, 0.2) is 12.1 Å². The van der Waals surface area contributed by atoms with Crippen LogP contribution in [0.2, 0.25) is 0 Å². The maximum Gasteiger partial charge on any atom is 0.324 e. The standard InChI is InChI=1S/C11H16N2O4S/c1-11(2,3)17-10(14)8(12)6-7-4-5-9(18-7)13(15)16/h4-5,8H,6,12H2,1-3H3. The molecule has 0 amide bonds. The van der Waals surface area contributed by atoms with Gasteiger partial charge in [0.05, 0.1) is 4.92 Å². The summed E-state index contributed by atoms with van der Waals surface area (Å²) in [6.07, 6.45) is 0.243. The molecule has 2 N–H and O–H groups in total. The van der Waals surface area contributed by atoms with Gasteiger partial charge in [-0.15, -0.1) is 0 Å². The summed E-state index contributed by atoms with van der Waals surface area (Å²) in [5.41, 5.74) is 5.12. The SMILES string of the molecule is CC(C)(C)OC(=O)C(N)Cc1ccc([N+](=O)[O-])s1. The molecule has 0 radical (unpaired) electrons. The van der Waals surface area contributed by atoms with Crippen molar-refractivity contribution in [3.05, 3.63) is 27.1 Å². The van der Waals surface area contributed by atoms with Crippen LogP contribution in [0, 0.1) is 10.1 Å². The van der Waals surface area contributed by atoms with Crippen molar-refractivity contribution in [3.8, 4) is 0 Å². The summed E-state index contributed by atoms with van der Waals surface area (Å²) < 4.78 is 5.13. The molecule has 1 atom stereocenters. The molecule has 0 spiro atoms. The fourth-order valence-corrected chi connectivity index (χ4v) is 2.13. The maximum absolute atomic E-state index is 11.6. The van der Waals surface area contributed by atoms with Gasteiger partial charge in [-0.1, -0.05) is 11.3 Å². The van der Waals surface area contributed by atoms with Crippen LogP contribution in [-0.2, 0) is 16.0 Å². The predicted octanol–water partition coefficient (Wildman–Crippen LogP) is 1.87. The van der Waals surface area contributed by atoms with E-state index in [0.717, 1.165) is 11.3 Å². The monoisotopic (exact) mass is 272 g/mol. The van der Waals surface area contributed by atoms with E-state index < -0.39 is 22.5 Å². The number of carbonyl (C=O) groups excluding carboxylic acids is 1. The van der Waals surface area contributed by atoms with Crippen LogP contribution in [0.4, 0.5) is 5.00 Å². The van der Waals surface area contributed by atoms with E-state index in [1.807, 2.05) is 0 Å². The lowest BCUT2D eigenvalue weighted by molar-refractivity contribution is -0.380. The summed E-state index contributed by atoms with van der Waals surface area (Å²) in [4.78, 5) is 22.4. The second-order valence-corrected chi connectivity index (χ2v) is 5.99. The van der Waals surface area contributed by atoms with E-state index in [2.05, 4.69) is 0 Å². The lowest BCUT2D eigenvalue weighted by Crippen LogP contribution is -2.38. The van der Waals surface area contributed by atoms with Gasteiger partial charge in [-0.05, 0) is 26.8 Å². The number of rotatable bonds is 4. The van der Waals surface area contributed by atoms with Crippen molar-refractivity contribution in [2.24, 2.45) is 5.73 Å². The summed E-state index contributed by atoms with van der Waals surface area (Å²) in [6.45, 7) is 5.27. The largest absolute Gasteiger partial charge is 0.459 e. The number of carbonyl (C=O) groups is 1. The molecule has 0 bridgehead atoms. The molecular formula is C11H16N2O4S. The van der Waals surface area contributed by atoms with Crippen LogP contribution in [0.5, 0.6) is 0 Å². The maximum atomic E-state index is 11.6. The Hall–Kier alpha value is -1.47. The zero-order valence-corrected chi connectivity index (χ0v) is 11.3. The number of nitrogens with zero attached hydrogens (tertiary/aromatic N) is 1. The minimum Gasteiger partial charge on any atom is -0.459 e. The second kappa shape index (κ2) is 5.45. The lowest BCUT2D eigenvalue weighted by Gasteiger charge is -2.21. The molecule has 6 nitrogen and oxygen atoms in total. The third-order valence-corrected chi connectivity index (χ3v) is 3.02. The van der Waals surface area contributed by atoms with Gasteiger partial charge in [-0.3, -0.25) is 14.9 Å². The molecule has 1 rings (SSSR count). The quantitative estimate of drug-likeness (QED) is 0.513. The minimum absolute atomic E-state index is 0.0430. The van der Waals surface area contributed by atoms with Crippen molar-refractivity contribution in [1.29, 1.82) is 0 Å². The van der Waals surface area contributed by atoms with E-state index in [1.54, 1.807) is 26.8 Å². The highest BCUT2D eigenvalue weighted by molar-refractivity contribution is 7.15. The smallest absolute Gasteiger partial charge is 0.324 e. The first-order valence-corrected chi connectivity index (χ1v) is 6.22. The first-order valence-electron chi connectivity index (χ1n) is 5.40. The minimum atomic E-state index is -0.803. The summed E-state index contributed by atoms with van der Waals surface area (Å²) in [5, 5.41) is 10.6. The highest BCUT2D eigenvalue weighted by Crippen LogP contribution is 2.25. The Morgan fingerprint density at radius 3 is 2.61 bits per heavy atom. The molecule has 0 aliphatic heterocycles. The summed E-state index contributed by atoms with van der Waals surface area (Å²) in [7, 11) is 0. The molecule has 7 heteroatoms. The van der Waals surface area contributed by atoms with Crippen LogP contribution in [0.25, 0.3) is 0 Å². The highest BCUT2D eigenvalue weighted by Gasteiger charge is 2.23. The number of ether oxygens (including phenoxy) is 1. The molecule has 1 aromatic rings. The van der Waals surface area contributed by atoms with Crippen LogP contribution in [0.1, 0.15) is 25.6 Å². The van der Waals surface area contributed by atoms with Crippen LogP contribution in [0.3, 0.4) is 0 Å². The third-order valence-electron chi connectivity index (χ3n) is 1.96. The molecule has 0 aromatic carbocycles. The molecule has 100 valence electrons. The van der Waals surface area contributed by atoms with Crippen LogP contribution in [-0.4, -0.2) is 22.5 Å². The Bertz CT molecular complexity index is 450. The third kappa shape index (κ3) is 4.42. The number of esters is 1. The molecule has 1 aromatic heterocycles. The molecule has 0 aliphatic carbocycles. The van der Waals surface area contributed by atoms with Crippen molar-refractivity contribution < 1.29 is 14.5 Å².